The van der Waals surface area contributed by atoms with E-state index in [0.717, 1.165) is 0 Å². The van der Waals surface area contributed by atoms with E-state index >= 15 is 0 Å². The summed E-state index contributed by atoms with van der Waals surface area (Å²) in [6.45, 7) is 0. The molecule has 0 aromatic rings. The summed E-state index contributed by atoms with van der Waals surface area (Å²) in [5, 5.41) is 0. The lowest BCUT2D eigenvalue weighted by atomic mass is 10.1. The lowest BCUT2D eigenvalue weighted by Gasteiger charge is -2.03. The third-order valence-electron chi connectivity index (χ3n) is 1.84. The maximum Gasteiger partial charge on any atom is 0.379 e. The zero-order valence-electron chi connectivity index (χ0n) is 5.79. The Labute approximate surface area is 75.9 Å². The van der Waals surface area contributed by atoms with Gasteiger partial charge in [-0.05, 0) is 0 Å². The molecular weight excluding hydrogens is 231 g/mol. The van der Waals surface area contributed by atoms with Crippen LogP contribution in [0, 0.1) is 0 Å². The van der Waals surface area contributed by atoms with Crippen LogP contribution >= 0.6 is 15.9 Å². The number of ether oxygens (including phenoxy) is 1. The van der Waals surface area contributed by atoms with Gasteiger partial charge in [-0.2, -0.15) is 0 Å². The second-order valence-corrected chi connectivity index (χ2v) is 3.34. The van der Waals surface area contributed by atoms with Gasteiger partial charge in [-0.25, -0.2) is 9.74 Å². The normalized spacial score (nSPS) is 31.5. The standard InChI is InChI=1S/C7H4BrFO3/c8-6-4-2-1-3(11-4)5(6)7(10)12-9/h1-4H. The predicted molar refractivity (Wildman–Crippen MR) is 41.0 cm³/mol. The highest BCUT2D eigenvalue weighted by Crippen LogP contribution is 2.38. The lowest BCUT2D eigenvalue weighted by molar-refractivity contribution is -0.178. The van der Waals surface area contributed by atoms with Gasteiger partial charge in [-0.3, -0.25) is 0 Å². The Kier molecular flexibility index (Phi) is 1.77. The van der Waals surface area contributed by atoms with Gasteiger partial charge in [0.2, 0.25) is 0 Å². The summed E-state index contributed by atoms with van der Waals surface area (Å²) in [5.41, 5.74) is 0.213. The summed E-state index contributed by atoms with van der Waals surface area (Å²) in [5.74, 6) is -0.987. The molecule has 0 spiro atoms. The molecule has 2 aliphatic heterocycles. The van der Waals surface area contributed by atoms with Crippen LogP contribution in [0.2, 0.25) is 0 Å². The fourth-order valence-electron chi connectivity index (χ4n) is 1.30. The summed E-state index contributed by atoms with van der Waals surface area (Å²) < 4.78 is 17.3. The van der Waals surface area contributed by atoms with Crippen LogP contribution in [0.3, 0.4) is 0 Å². The molecule has 0 fully saturated rings. The largest absolute Gasteiger partial charge is 0.379 e. The first-order valence-corrected chi connectivity index (χ1v) is 4.09. The van der Waals surface area contributed by atoms with Gasteiger partial charge in [-0.1, -0.05) is 28.1 Å². The Balaban J connectivity index is 2.32. The van der Waals surface area contributed by atoms with Crippen molar-refractivity contribution in [3.8, 4) is 0 Å². The minimum absolute atomic E-state index is 0.213. The van der Waals surface area contributed by atoms with Crippen LogP contribution in [-0.4, -0.2) is 18.2 Å². The number of fused-ring (bicyclic) bond motifs is 2. The number of carbonyl (C=O) groups excluding carboxylic acids is 1. The van der Waals surface area contributed by atoms with Gasteiger partial charge in [0.05, 0.1) is 5.57 Å². The van der Waals surface area contributed by atoms with Gasteiger partial charge in [0.15, 0.2) is 0 Å². The summed E-state index contributed by atoms with van der Waals surface area (Å²) in [6, 6.07) is 0. The molecule has 2 heterocycles. The van der Waals surface area contributed by atoms with Gasteiger partial charge in [0, 0.05) is 9.01 Å². The highest BCUT2D eigenvalue weighted by Gasteiger charge is 2.39. The van der Waals surface area contributed by atoms with E-state index in [1.807, 2.05) is 0 Å². The van der Waals surface area contributed by atoms with E-state index < -0.39 is 12.1 Å². The van der Waals surface area contributed by atoms with Crippen molar-refractivity contribution in [2.75, 3.05) is 0 Å². The van der Waals surface area contributed by atoms with E-state index in [2.05, 4.69) is 20.9 Å². The fraction of sp³-hybridized carbons (Fsp3) is 0.286. The highest BCUT2D eigenvalue weighted by molar-refractivity contribution is 9.11. The molecule has 0 aromatic carbocycles. The van der Waals surface area contributed by atoms with Gasteiger partial charge in [0.25, 0.3) is 0 Å². The molecule has 2 atom stereocenters. The predicted octanol–water partition coefficient (Wildman–Crippen LogP) is 1.40. The van der Waals surface area contributed by atoms with Crippen LogP contribution < -0.4 is 0 Å². The molecule has 2 unspecified atom stereocenters. The van der Waals surface area contributed by atoms with Gasteiger partial charge >= 0.3 is 5.97 Å². The molecule has 0 saturated heterocycles. The molecule has 5 heteroatoms. The Morgan fingerprint density at radius 1 is 1.58 bits per heavy atom. The third-order valence-corrected chi connectivity index (χ3v) is 2.71. The van der Waals surface area contributed by atoms with E-state index in [1.54, 1.807) is 12.2 Å². The number of hydrogen-bond acceptors (Lipinski definition) is 3. The SMILES string of the molecule is O=C(OF)C1=C(Br)C2C=CC1O2. The van der Waals surface area contributed by atoms with E-state index in [9.17, 15) is 9.32 Å². The van der Waals surface area contributed by atoms with E-state index in [0.29, 0.717) is 4.48 Å². The maximum absolute atomic E-state index is 11.6. The molecule has 3 nitrogen and oxygen atoms in total. The number of halogens is 2. The monoisotopic (exact) mass is 234 g/mol. The summed E-state index contributed by atoms with van der Waals surface area (Å²) in [4.78, 5) is 13.9. The lowest BCUT2D eigenvalue weighted by Crippen LogP contribution is -2.13. The smallest absolute Gasteiger partial charge is 0.357 e. The van der Waals surface area contributed by atoms with Crippen molar-refractivity contribution in [3.63, 3.8) is 0 Å². The number of carbonyl (C=O) groups is 1. The highest BCUT2D eigenvalue weighted by atomic mass is 79.9. The Morgan fingerprint density at radius 2 is 2.25 bits per heavy atom. The molecule has 2 aliphatic rings. The van der Waals surface area contributed by atoms with Crippen LogP contribution in [0.25, 0.3) is 0 Å². The average molecular weight is 235 g/mol. The molecule has 12 heavy (non-hydrogen) atoms. The Morgan fingerprint density at radius 3 is 2.75 bits per heavy atom. The summed E-state index contributed by atoms with van der Waals surface area (Å²) in [7, 11) is 0. The van der Waals surface area contributed by atoms with Crippen LogP contribution in [0.15, 0.2) is 22.2 Å². The topological polar surface area (TPSA) is 35.5 Å². The van der Waals surface area contributed by atoms with Crippen molar-refractivity contribution in [1.82, 2.24) is 0 Å². The first-order valence-electron chi connectivity index (χ1n) is 3.30. The first kappa shape index (κ1) is 7.94. The molecule has 0 saturated carbocycles. The van der Waals surface area contributed by atoms with E-state index in [4.69, 9.17) is 4.74 Å². The van der Waals surface area contributed by atoms with Crippen LogP contribution in [0.4, 0.5) is 4.53 Å². The molecule has 0 aromatic heterocycles. The minimum atomic E-state index is -0.987. The summed E-state index contributed by atoms with van der Waals surface area (Å²) >= 11 is 3.14. The molecule has 64 valence electrons. The Bertz CT molecular complexity index is 297. The van der Waals surface area contributed by atoms with Crippen LogP contribution in [0.5, 0.6) is 0 Å². The Hall–Kier alpha value is -0.680. The zero-order chi connectivity index (χ0) is 8.72. The second-order valence-electron chi connectivity index (χ2n) is 2.49. The van der Waals surface area contributed by atoms with Gasteiger partial charge < -0.3 is 4.74 Å². The molecular formula is C7H4BrFO3. The molecule has 0 radical (unpaired) electrons. The van der Waals surface area contributed by atoms with Crippen molar-refractivity contribution >= 4 is 21.9 Å². The van der Waals surface area contributed by atoms with E-state index in [1.165, 1.54) is 0 Å². The quantitative estimate of drug-likeness (QED) is 0.644. The molecule has 0 aliphatic carbocycles. The first-order chi connectivity index (χ1) is 5.74. The van der Waals surface area contributed by atoms with Gasteiger partial charge in [-0.15, -0.1) is 0 Å². The molecule has 0 amide bonds. The zero-order valence-corrected chi connectivity index (χ0v) is 7.38. The third kappa shape index (κ3) is 0.931. The second kappa shape index (κ2) is 2.67. The van der Waals surface area contributed by atoms with Crippen LogP contribution in [-0.2, 0) is 14.5 Å². The van der Waals surface area contributed by atoms with Crippen LogP contribution in [0.1, 0.15) is 0 Å². The molecule has 0 N–H and O–H groups in total. The maximum atomic E-state index is 11.6. The average Bonchev–Trinajstić information content (AvgIpc) is 2.63. The van der Waals surface area contributed by atoms with Crippen molar-refractivity contribution in [1.29, 1.82) is 0 Å². The van der Waals surface area contributed by atoms with Crippen molar-refractivity contribution in [2.45, 2.75) is 12.2 Å². The molecule has 2 rings (SSSR count). The summed E-state index contributed by atoms with van der Waals surface area (Å²) in [6.07, 6.45) is 2.79. The van der Waals surface area contributed by atoms with Crippen molar-refractivity contribution < 1.29 is 19.0 Å². The fourth-order valence-corrected chi connectivity index (χ4v) is 1.95. The molecule has 2 bridgehead atoms. The van der Waals surface area contributed by atoms with E-state index in [-0.39, 0.29) is 11.7 Å². The number of hydrogen-bond donors (Lipinski definition) is 0. The number of rotatable bonds is 1. The van der Waals surface area contributed by atoms with Gasteiger partial charge in [0.1, 0.15) is 12.2 Å². The minimum Gasteiger partial charge on any atom is -0.357 e. The van der Waals surface area contributed by atoms with Crippen molar-refractivity contribution in [2.24, 2.45) is 0 Å². The van der Waals surface area contributed by atoms with Crippen molar-refractivity contribution in [3.05, 3.63) is 22.2 Å².